The Balaban J connectivity index is 0.000000175. The molecule has 2 fully saturated rings. The van der Waals surface area contributed by atoms with Gasteiger partial charge in [-0.05, 0) is 94.8 Å². The highest BCUT2D eigenvalue weighted by molar-refractivity contribution is 8.15. The number of thioether (sulfide) groups is 2. The summed E-state index contributed by atoms with van der Waals surface area (Å²) in [7, 11) is 0. The first-order chi connectivity index (χ1) is 31.3. The van der Waals surface area contributed by atoms with E-state index in [0.29, 0.717) is 26.1 Å². The van der Waals surface area contributed by atoms with E-state index in [9.17, 15) is 19.2 Å². The lowest BCUT2D eigenvalue weighted by molar-refractivity contribution is -0.119. The Morgan fingerprint density at radius 1 is 0.477 bits per heavy atom. The zero-order chi connectivity index (χ0) is 43.8. The zero-order valence-corrected chi connectivity index (χ0v) is 36.6. The number of amides is 4. The van der Waals surface area contributed by atoms with E-state index < -0.39 is 0 Å². The minimum atomic E-state index is -0.359. The number of carbonyl (C=O) groups is 4. The van der Waals surface area contributed by atoms with E-state index in [-0.39, 0.29) is 38.3 Å². The van der Waals surface area contributed by atoms with Gasteiger partial charge in [0.05, 0.1) is 45.2 Å². The van der Waals surface area contributed by atoms with E-state index in [2.05, 4.69) is 90.4 Å². The van der Waals surface area contributed by atoms with Gasteiger partial charge in [0.15, 0.2) is 0 Å². The first-order valence-corrected chi connectivity index (χ1v) is 22.5. The second kappa shape index (κ2) is 20.5. The van der Waals surface area contributed by atoms with E-state index in [4.69, 9.17) is 9.47 Å². The molecule has 6 aromatic carbocycles. The Labute approximate surface area is 382 Å². The van der Waals surface area contributed by atoms with Gasteiger partial charge in [-0.15, -0.1) is 0 Å². The number of fused-ring (bicyclic) bond motifs is 2. The summed E-state index contributed by atoms with van der Waals surface area (Å²) < 4.78 is 16.2. The molecule has 65 heavy (non-hydrogen) atoms. The van der Waals surface area contributed by atoms with Gasteiger partial charge in [0, 0.05) is 13.1 Å². The molecule has 15 heteroatoms. The maximum absolute atomic E-state index is 11.7. The Morgan fingerprint density at radius 2 is 0.862 bits per heavy atom. The van der Waals surface area contributed by atoms with Crippen molar-refractivity contribution in [1.29, 1.82) is 0 Å². The summed E-state index contributed by atoms with van der Waals surface area (Å²) in [6.07, 6.45) is 4.78. The van der Waals surface area contributed by atoms with Crippen LogP contribution in [-0.2, 0) is 48.7 Å². The van der Waals surface area contributed by atoms with Gasteiger partial charge in [0.2, 0.25) is 11.8 Å². The number of ether oxygens (including phenoxy) is 2. The van der Waals surface area contributed by atoms with Crippen LogP contribution in [0, 0.1) is 0 Å². The summed E-state index contributed by atoms with van der Waals surface area (Å²) in [4.78, 5) is 55.1. The van der Waals surface area contributed by atoms with Crippen molar-refractivity contribution in [2.75, 3.05) is 0 Å². The van der Waals surface area contributed by atoms with Crippen molar-refractivity contribution in [3.63, 3.8) is 0 Å². The molecule has 0 bridgehead atoms. The van der Waals surface area contributed by atoms with Gasteiger partial charge in [-0.25, -0.2) is 9.97 Å². The van der Waals surface area contributed by atoms with Gasteiger partial charge in [-0.2, -0.15) is 0 Å². The molecule has 2 atom stereocenters. The van der Waals surface area contributed by atoms with E-state index in [0.717, 1.165) is 92.4 Å². The smallest absolute Gasteiger partial charge is 0.286 e. The maximum atomic E-state index is 11.7. The fraction of sp³-hybridized carbons (Fsp3) is 0.160. The maximum Gasteiger partial charge on any atom is 0.286 e. The van der Waals surface area contributed by atoms with Crippen LogP contribution in [0.15, 0.2) is 158 Å². The van der Waals surface area contributed by atoms with E-state index in [1.165, 1.54) is 11.1 Å². The number of nitrogens with one attached hydrogen (secondary N) is 2. The van der Waals surface area contributed by atoms with Gasteiger partial charge in [-0.1, -0.05) is 121 Å². The van der Waals surface area contributed by atoms with Crippen molar-refractivity contribution in [3.05, 3.63) is 192 Å². The molecule has 2 aromatic heterocycles. The van der Waals surface area contributed by atoms with Gasteiger partial charge in [0.25, 0.3) is 10.5 Å². The lowest BCUT2D eigenvalue weighted by atomic mass is 10.1. The molecule has 328 valence electrons. The predicted octanol–water partition coefficient (Wildman–Crippen LogP) is 8.29. The fourth-order valence-corrected chi connectivity index (χ4v) is 9.19. The number of hydrogen-bond donors (Lipinski definition) is 2. The minimum Gasteiger partial charge on any atom is -0.489 e. The zero-order valence-electron chi connectivity index (χ0n) is 35.0. The molecule has 0 radical (unpaired) electrons. The van der Waals surface area contributed by atoms with Crippen molar-refractivity contribution < 1.29 is 34.1 Å². The number of imide groups is 2. The summed E-state index contributed by atoms with van der Waals surface area (Å²) >= 11 is 2.09. The molecule has 2 unspecified atom stereocenters. The second-order valence-electron chi connectivity index (χ2n) is 15.4. The normalized spacial score (nSPS) is 15.6. The van der Waals surface area contributed by atoms with Crippen molar-refractivity contribution in [2.45, 2.75) is 49.6 Å². The molecule has 4 N–H and O–H groups in total. The third-order valence-corrected chi connectivity index (χ3v) is 12.8. The molecule has 2 aliphatic rings. The molecule has 4 amide bonds. The van der Waals surface area contributed by atoms with Crippen LogP contribution in [0.2, 0.25) is 0 Å². The van der Waals surface area contributed by atoms with Crippen molar-refractivity contribution in [3.8, 4) is 11.5 Å². The van der Waals surface area contributed by atoms with Crippen LogP contribution in [0.4, 0.5) is 9.59 Å². The Morgan fingerprint density at radius 3 is 1.23 bits per heavy atom. The third-order valence-electron chi connectivity index (χ3n) is 10.8. The van der Waals surface area contributed by atoms with Crippen LogP contribution >= 0.6 is 23.5 Å². The first-order valence-electron chi connectivity index (χ1n) is 20.7. The number of carbonyl (C=O) groups excluding carboxylic acids is 4. The molecular weight excluding hydrogens is 861 g/mol. The number of rotatable bonds is 14. The molecule has 0 spiro atoms. The monoisotopic (exact) mass is 904 g/mol. The quantitative estimate of drug-likeness (QED) is 0.108. The molecule has 10 rings (SSSR count). The molecule has 2 saturated heterocycles. The Hall–Kier alpha value is -7.20. The Kier molecular flexibility index (Phi) is 14.0. The first kappa shape index (κ1) is 44.4. The van der Waals surface area contributed by atoms with E-state index >= 15 is 0 Å². The van der Waals surface area contributed by atoms with E-state index in [1.54, 1.807) is 0 Å². The topological polar surface area (TPSA) is 178 Å². The van der Waals surface area contributed by atoms with Crippen LogP contribution in [-0.4, -0.2) is 57.4 Å². The minimum absolute atomic E-state index is 0. The number of aromatic nitrogens is 4. The highest BCUT2D eigenvalue weighted by Crippen LogP contribution is 2.26. The number of imidazole rings is 2. The fourth-order valence-electron chi connectivity index (χ4n) is 7.47. The molecule has 13 nitrogen and oxygen atoms in total. The third kappa shape index (κ3) is 11.3. The summed E-state index contributed by atoms with van der Waals surface area (Å²) in [5, 5.41) is 3.36. The lowest BCUT2D eigenvalue weighted by Gasteiger charge is -2.09. The summed E-state index contributed by atoms with van der Waals surface area (Å²) in [6, 6.07) is 48.3. The van der Waals surface area contributed by atoms with Crippen LogP contribution < -0.4 is 20.1 Å². The van der Waals surface area contributed by atoms with Crippen molar-refractivity contribution >= 4 is 67.9 Å². The molecule has 0 aliphatic carbocycles. The van der Waals surface area contributed by atoms with Crippen molar-refractivity contribution in [2.24, 2.45) is 0 Å². The summed E-state index contributed by atoms with van der Waals surface area (Å²) in [5.41, 5.74) is 10.6. The summed E-state index contributed by atoms with van der Waals surface area (Å²) in [6.45, 7) is 2.45. The van der Waals surface area contributed by atoms with Crippen LogP contribution in [0.3, 0.4) is 0 Å². The predicted molar refractivity (Wildman–Crippen MR) is 253 cm³/mol. The van der Waals surface area contributed by atoms with Gasteiger partial charge in [-0.3, -0.25) is 29.8 Å². The number of nitrogens with zero attached hydrogens (tertiary/aromatic N) is 4. The SMILES string of the molecule is O.O=C1NC(=O)C(Cc2ccc(OCc3ccc4c(c3)ncn4Cc3ccccc3)cc2)S1.O=C1NC(=O)C(Cc2ccc(OCc3ccc4c(c3)ncn4Cc3ccccc3)cc2)S1. The second-order valence-corrected chi connectivity index (χ2v) is 17.8. The van der Waals surface area contributed by atoms with Crippen LogP contribution in [0.25, 0.3) is 22.1 Å². The molecule has 8 aromatic rings. The number of benzene rings is 6. The molecular formula is C50H44N6O7S2. The van der Waals surface area contributed by atoms with E-state index in [1.807, 2.05) is 97.6 Å². The molecule has 2 aliphatic heterocycles. The highest BCUT2D eigenvalue weighted by Gasteiger charge is 2.32. The standard InChI is InChI=1S/2C25H21N3O3S.H2O/c2*29-24-23(32-25(30)27-24)13-17-6-9-20(10-7-17)31-15-19-8-11-22-21(12-19)26-16-28(22)14-18-4-2-1-3-5-18;/h2*1-12,16,23H,13-15H2,(H,27,29,30);1H2. The average molecular weight is 905 g/mol. The lowest BCUT2D eigenvalue weighted by Crippen LogP contribution is -2.25. The van der Waals surface area contributed by atoms with Crippen molar-refractivity contribution in [1.82, 2.24) is 29.7 Å². The highest BCUT2D eigenvalue weighted by atomic mass is 32.2. The Bertz CT molecular complexity index is 2740. The summed E-state index contributed by atoms with van der Waals surface area (Å²) in [5.74, 6) is 1.06. The van der Waals surface area contributed by atoms with Gasteiger partial charge < -0.3 is 24.1 Å². The van der Waals surface area contributed by atoms with Crippen LogP contribution in [0.5, 0.6) is 11.5 Å². The average Bonchev–Trinajstić information content (AvgIpc) is 4.08. The molecule has 4 heterocycles. The molecule has 0 saturated carbocycles. The van der Waals surface area contributed by atoms with Gasteiger partial charge >= 0.3 is 0 Å². The van der Waals surface area contributed by atoms with Crippen LogP contribution in [0.1, 0.15) is 33.4 Å². The number of hydrogen-bond acceptors (Lipinski definition) is 10. The van der Waals surface area contributed by atoms with Gasteiger partial charge in [0.1, 0.15) is 24.7 Å². The largest absolute Gasteiger partial charge is 0.489 e.